The van der Waals surface area contributed by atoms with E-state index in [2.05, 4.69) is 5.32 Å². The first-order valence-corrected chi connectivity index (χ1v) is 8.95. The third-order valence-corrected chi connectivity index (χ3v) is 4.86. The van der Waals surface area contributed by atoms with Crippen LogP contribution in [-0.4, -0.2) is 59.0 Å². The Morgan fingerprint density at radius 3 is 2.56 bits per heavy atom. The van der Waals surface area contributed by atoms with Gasteiger partial charge in [-0.15, -0.1) is 0 Å². The number of hydrogen-bond donors (Lipinski definition) is 2. The summed E-state index contributed by atoms with van der Waals surface area (Å²) < 4.78 is 5.50. The van der Waals surface area contributed by atoms with Crippen molar-refractivity contribution in [1.82, 2.24) is 10.2 Å². The van der Waals surface area contributed by atoms with Crippen LogP contribution < -0.4 is 5.32 Å². The van der Waals surface area contributed by atoms with Gasteiger partial charge in [0, 0.05) is 12.2 Å². The van der Waals surface area contributed by atoms with Crippen molar-refractivity contribution in [2.45, 2.75) is 38.8 Å². The lowest BCUT2D eigenvalue weighted by Gasteiger charge is -2.18. The standard InChI is InChI=1S/C19H22N2O6/c1-10(2)15(19(25)26)20-16(22)11-5-6-13-14(8-11)18(24)21(17(13)23)9-12-4-3-7-27-12/h5-6,8,10,12,15H,3-4,7,9H2,1-2H3,(H,20,22)(H,25,26)/t12?,15-/m1/s1. The fourth-order valence-corrected chi connectivity index (χ4v) is 3.33. The van der Waals surface area contributed by atoms with Crippen LogP contribution >= 0.6 is 0 Å². The summed E-state index contributed by atoms with van der Waals surface area (Å²) in [5.41, 5.74) is 0.538. The van der Waals surface area contributed by atoms with Gasteiger partial charge in [0.15, 0.2) is 0 Å². The first kappa shape index (κ1) is 19.0. The Labute approximate surface area is 156 Å². The summed E-state index contributed by atoms with van der Waals surface area (Å²) in [5.74, 6) is -2.89. The summed E-state index contributed by atoms with van der Waals surface area (Å²) >= 11 is 0. The molecule has 0 aliphatic carbocycles. The number of nitrogens with zero attached hydrogens (tertiary/aromatic N) is 1. The van der Waals surface area contributed by atoms with Gasteiger partial charge in [0.25, 0.3) is 17.7 Å². The fourth-order valence-electron chi connectivity index (χ4n) is 3.33. The van der Waals surface area contributed by atoms with Crippen LogP contribution in [0.1, 0.15) is 57.8 Å². The number of rotatable bonds is 6. The van der Waals surface area contributed by atoms with Crippen LogP contribution in [-0.2, 0) is 9.53 Å². The molecule has 0 radical (unpaired) electrons. The molecule has 0 spiro atoms. The summed E-state index contributed by atoms with van der Waals surface area (Å²) in [6.45, 7) is 4.20. The van der Waals surface area contributed by atoms with E-state index in [1.807, 2.05) is 0 Å². The summed E-state index contributed by atoms with van der Waals surface area (Å²) in [7, 11) is 0. The molecule has 1 fully saturated rings. The second kappa shape index (κ2) is 7.48. The molecule has 3 rings (SSSR count). The highest BCUT2D eigenvalue weighted by Crippen LogP contribution is 2.26. The zero-order valence-corrected chi connectivity index (χ0v) is 15.2. The van der Waals surface area contributed by atoms with E-state index in [0.717, 1.165) is 17.7 Å². The number of nitrogens with one attached hydrogen (secondary N) is 1. The molecule has 0 saturated carbocycles. The zero-order chi connectivity index (χ0) is 19.7. The number of carbonyl (C=O) groups excluding carboxylic acids is 3. The van der Waals surface area contributed by atoms with Gasteiger partial charge in [-0.3, -0.25) is 19.3 Å². The van der Waals surface area contributed by atoms with Gasteiger partial charge in [0.2, 0.25) is 0 Å². The van der Waals surface area contributed by atoms with Gasteiger partial charge in [0.05, 0.1) is 23.8 Å². The third-order valence-electron chi connectivity index (χ3n) is 4.86. The normalized spacial score (nSPS) is 20.1. The molecular weight excluding hydrogens is 352 g/mol. The predicted octanol–water partition coefficient (Wildman–Crippen LogP) is 1.30. The average Bonchev–Trinajstić information content (AvgIpc) is 3.22. The van der Waals surface area contributed by atoms with Crippen molar-refractivity contribution < 1.29 is 29.0 Å². The number of benzene rings is 1. The van der Waals surface area contributed by atoms with Gasteiger partial charge in [-0.05, 0) is 37.0 Å². The smallest absolute Gasteiger partial charge is 0.326 e. The Morgan fingerprint density at radius 2 is 1.96 bits per heavy atom. The Balaban J connectivity index is 1.78. The van der Waals surface area contributed by atoms with E-state index in [4.69, 9.17) is 4.74 Å². The number of aliphatic carboxylic acids is 1. The SMILES string of the molecule is CC(C)[C@@H](NC(=O)c1ccc2c(c1)C(=O)N(CC1CCCO1)C2=O)C(=O)O. The summed E-state index contributed by atoms with van der Waals surface area (Å²) in [6, 6.07) is 3.16. The molecule has 1 aromatic rings. The van der Waals surface area contributed by atoms with Crippen molar-refractivity contribution in [2.75, 3.05) is 13.2 Å². The van der Waals surface area contributed by atoms with Crippen molar-refractivity contribution in [2.24, 2.45) is 5.92 Å². The van der Waals surface area contributed by atoms with Crippen molar-refractivity contribution in [3.8, 4) is 0 Å². The minimum atomic E-state index is -1.13. The maximum absolute atomic E-state index is 12.6. The van der Waals surface area contributed by atoms with Gasteiger partial charge < -0.3 is 15.2 Å². The van der Waals surface area contributed by atoms with Gasteiger partial charge in [-0.2, -0.15) is 0 Å². The lowest BCUT2D eigenvalue weighted by atomic mass is 10.0. The van der Waals surface area contributed by atoms with Gasteiger partial charge in [-0.25, -0.2) is 4.79 Å². The molecule has 144 valence electrons. The lowest BCUT2D eigenvalue weighted by molar-refractivity contribution is -0.140. The number of carboxylic acid groups (broad SMARTS) is 1. The first-order valence-electron chi connectivity index (χ1n) is 8.95. The second-order valence-electron chi connectivity index (χ2n) is 7.15. The number of carbonyl (C=O) groups is 4. The first-order chi connectivity index (χ1) is 12.8. The van der Waals surface area contributed by atoms with Crippen molar-refractivity contribution in [3.63, 3.8) is 0 Å². The molecule has 2 atom stereocenters. The molecule has 2 N–H and O–H groups in total. The Kier molecular flexibility index (Phi) is 5.27. The Bertz CT molecular complexity index is 797. The molecule has 8 heteroatoms. The quantitative estimate of drug-likeness (QED) is 0.726. The van der Waals surface area contributed by atoms with E-state index < -0.39 is 29.7 Å². The molecular formula is C19H22N2O6. The highest BCUT2D eigenvalue weighted by Gasteiger charge is 2.38. The monoisotopic (exact) mass is 374 g/mol. The van der Waals surface area contributed by atoms with Crippen LogP contribution in [0.3, 0.4) is 0 Å². The van der Waals surface area contributed by atoms with Crippen molar-refractivity contribution in [1.29, 1.82) is 0 Å². The maximum atomic E-state index is 12.6. The molecule has 3 amide bonds. The van der Waals surface area contributed by atoms with Crippen molar-refractivity contribution in [3.05, 3.63) is 34.9 Å². The van der Waals surface area contributed by atoms with E-state index in [1.54, 1.807) is 13.8 Å². The fraction of sp³-hybridized carbons (Fsp3) is 0.474. The van der Waals surface area contributed by atoms with Crippen LogP contribution in [0.15, 0.2) is 18.2 Å². The van der Waals surface area contributed by atoms with E-state index in [9.17, 15) is 24.3 Å². The molecule has 8 nitrogen and oxygen atoms in total. The molecule has 27 heavy (non-hydrogen) atoms. The van der Waals surface area contributed by atoms with Crippen LogP contribution in [0.5, 0.6) is 0 Å². The summed E-state index contributed by atoms with van der Waals surface area (Å²) in [6.07, 6.45) is 1.54. The number of fused-ring (bicyclic) bond motifs is 1. The van der Waals surface area contributed by atoms with Crippen LogP contribution in [0.25, 0.3) is 0 Å². The topological polar surface area (TPSA) is 113 Å². The highest BCUT2D eigenvalue weighted by atomic mass is 16.5. The minimum absolute atomic E-state index is 0.140. The zero-order valence-electron chi connectivity index (χ0n) is 15.2. The van der Waals surface area contributed by atoms with Gasteiger partial charge in [-0.1, -0.05) is 13.8 Å². The molecule has 0 bridgehead atoms. The van der Waals surface area contributed by atoms with Crippen LogP contribution in [0, 0.1) is 5.92 Å². The number of ether oxygens (including phenoxy) is 1. The lowest BCUT2D eigenvalue weighted by Crippen LogP contribution is -2.44. The molecule has 1 aromatic carbocycles. The molecule has 2 aliphatic rings. The Morgan fingerprint density at radius 1 is 1.26 bits per heavy atom. The van der Waals surface area contributed by atoms with Crippen LogP contribution in [0.2, 0.25) is 0 Å². The van der Waals surface area contributed by atoms with Gasteiger partial charge >= 0.3 is 5.97 Å². The average molecular weight is 374 g/mol. The third kappa shape index (κ3) is 3.71. The molecule has 1 saturated heterocycles. The van der Waals surface area contributed by atoms with E-state index in [0.29, 0.717) is 6.61 Å². The Hall–Kier alpha value is -2.74. The molecule has 2 heterocycles. The highest BCUT2D eigenvalue weighted by molar-refractivity contribution is 6.22. The van der Waals surface area contributed by atoms with E-state index >= 15 is 0 Å². The number of imide groups is 1. The van der Waals surface area contributed by atoms with E-state index in [-0.39, 0.29) is 35.3 Å². The second-order valence-corrected chi connectivity index (χ2v) is 7.15. The van der Waals surface area contributed by atoms with E-state index in [1.165, 1.54) is 18.2 Å². The number of carboxylic acids is 1. The molecule has 1 unspecified atom stereocenters. The van der Waals surface area contributed by atoms with Crippen LogP contribution in [0.4, 0.5) is 0 Å². The maximum Gasteiger partial charge on any atom is 0.326 e. The predicted molar refractivity (Wildman–Crippen MR) is 94.5 cm³/mol. The summed E-state index contributed by atoms with van der Waals surface area (Å²) in [4.78, 5) is 50.0. The van der Waals surface area contributed by atoms with Gasteiger partial charge in [0.1, 0.15) is 6.04 Å². The minimum Gasteiger partial charge on any atom is -0.480 e. The number of hydrogen-bond acceptors (Lipinski definition) is 5. The van der Waals surface area contributed by atoms with Crippen molar-refractivity contribution >= 4 is 23.7 Å². The molecule has 0 aromatic heterocycles. The largest absolute Gasteiger partial charge is 0.480 e. The summed E-state index contributed by atoms with van der Waals surface area (Å²) in [5, 5.41) is 11.7. The number of amides is 3. The molecule has 2 aliphatic heterocycles.